The van der Waals surface area contributed by atoms with Gasteiger partial charge in [0.2, 0.25) is 5.95 Å². The van der Waals surface area contributed by atoms with Crippen LogP contribution in [0, 0.1) is 19.8 Å². The van der Waals surface area contributed by atoms with Crippen LogP contribution < -0.4 is 10.6 Å². The van der Waals surface area contributed by atoms with Crippen LogP contribution in [0.3, 0.4) is 0 Å². The summed E-state index contributed by atoms with van der Waals surface area (Å²) in [6.07, 6.45) is 2.23. The molecule has 0 bridgehead atoms. The summed E-state index contributed by atoms with van der Waals surface area (Å²) in [7, 11) is 0. The third-order valence-corrected chi connectivity index (χ3v) is 4.00. The summed E-state index contributed by atoms with van der Waals surface area (Å²) in [4.78, 5) is 6.81. The molecule has 0 radical (unpaired) electrons. The second-order valence-corrected chi connectivity index (χ2v) is 5.48. The van der Waals surface area contributed by atoms with Crippen LogP contribution >= 0.6 is 0 Å². The van der Waals surface area contributed by atoms with Gasteiger partial charge in [-0.1, -0.05) is 0 Å². The fourth-order valence-electron chi connectivity index (χ4n) is 2.75. The van der Waals surface area contributed by atoms with Crippen LogP contribution in [0.15, 0.2) is 10.5 Å². The Morgan fingerprint density at radius 2 is 2.15 bits per heavy atom. The number of hydrogen-bond acceptors (Lipinski definition) is 5. The summed E-state index contributed by atoms with van der Waals surface area (Å²) in [6, 6.07) is 1.99. The Balaban J connectivity index is 1.76. The van der Waals surface area contributed by atoms with Crippen LogP contribution in [0.5, 0.6) is 0 Å². The lowest BCUT2D eigenvalue weighted by atomic mass is 9.97. The summed E-state index contributed by atoms with van der Waals surface area (Å²) in [6.45, 7) is 6.61. The predicted octanol–water partition coefficient (Wildman–Crippen LogP) is 1.86. The van der Waals surface area contributed by atoms with Crippen molar-refractivity contribution in [3.63, 3.8) is 0 Å². The van der Waals surface area contributed by atoms with E-state index < -0.39 is 0 Å². The number of aromatic nitrogens is 3. The van der Waals surface area contributed by atoms with Crippen LogP contribution in [-0.4, -0.2) is 34.8 Å². The first-order valence-electron chi connectivity index (χ1n) is 7.12. The smallest absolute Gasteiger partial charge is 0.245 e. The number of anilines is 1. The second-order valence-electron chi connectivity index (χ2n) is 5.48. The van der Waals surface area contributed by atoms with Crippen molar-refractivity contribution in [3.05, 3.63) is 17.6 Å². The zero-order chi connectivity index (χ0) is 14.1. The first kappa shape index (κ1) is 13.2. The van der Waals surface area contributed by atoms with Crippen LogP contribution in [0.1, 0.15) is 24.4 Å². The number of nitrogens with zero attached hydrogens (tertiary/aromatic N) is 3. The number of rotatable bonds is 3. The third kappa shape index (κ3) is 2.43. The van der Waals surface area contributed by atoms with Gasteiger partial charge in [0.15, 0.2) is 5.82 Å². The van der Waals surface area contributed by atoms with Crippen LogP contribution in [-0.2, 0) is 0 Å². The lowest BCUT2D eigenvalue weighted by Gasteiger charge is -2.30. The van der Waals surface area contributed by atoms with E-state index in [0.29, 0.717) is 5.92 Å². The minimum absolute atomic E-state index is 0.642. The van der Waals surface area contributed by atoms with Crippen molar-refractivity contribution in [1.82, 2.24) is 15.2 Å². The average Bonchev–Trinajstić information content (AvgIpc) is 3.05. The molecule has 1 saturated heterocycles. The average molecular weight is 275 g/mol. The summed E-state index contributed by atoms with van der Waals surface area (Å²) in [5.41, 5.74) is 6.70. The molecular weight excluding hydrogens is 254 g/mol. The van der Waals surface area contributed by atoms with E-state index in [-0.39, 0.29) is 0 Å². The van der Waals surface area contributed by atoms with Gasteiger partial charge in [-0.25, -0.2) is 0 Å². The number of H-pyrrole nitrogens is 1. The van der Waals surface area contributed by atoms with Gasteiger partial charge >= 0.3 is 0 Å². The molecule has 0 unspecified atom stereocenters. The number of aromatic amines is 1. The molecule has 0 aliphatic carbocycles. The fraction of sp³-hybridized carbons (Fsp3) is 0.571. The summed E-state index contributed by atoms with van der Waals surface area (Å²) in [5.74, 6) is 3.94. The van der Waals surface area contributed by atoms with E-state index >= 15 is 0 Å². The molecule has 1 aliphatic rings. The zero-order valence-electron chi connectivity index (χ0n) is 12.0. The van der Waals surface area contributed by atoms with E-state index in [1.54, 1.807) is 0 Å². The molecule has 6 heteroatoms. The molecule has 0 saturated carbocycles. The van der Waals surface area contributed by atoms with Gasteiger partial charge in [0.1, 0.15) is 11.5 Å². The zero-order valence-corrected chi connectivity index (χ0v) is 12.0. The van der Waals surface area contributed by atoms with Crippen molar-refractivity contribution in [2.45, 2.75) is 26.7 Å². The highest BCUT2D eigenvalue weighted by atomic mass is 16.3. The first-order valence-corrected chi connectivity index (χ1v) is 7.12. The molecule has 1 aliphatic heterocycles. The predicted molar refractivity (Wildman–Crippen MR) is 77.6 cm³/mol. The molecule has 1 fully saturated rings. The molecule has 108 valence electrons. The molecule has 3 rings (SSSR count). The van der Waals surface area contributed by atoms with Gasteiger partial charge in [0.25, 0.3) is 0 Å². The molecule has 0 atom stereocenters. The molecule has 6 nitrogen and oxygen atoms in total. The highest BCUT2D eigenvalue weighted by Gasteiger charge is 2.21. The maximum atomic E-state index is 5.72. The van der Waals surface area contributed by atoms with Crippen LogP contribution in [0.25, 0.3) is 11.4 Å². The van der Waals surface area contributed by atoms with Gasteiger partial charge < -0.3 is 15.1 Å². The summed E-state index contributed by atoms with van der Waals surface area (Å²) in [5, 5.41) is 7.35. The fourth-order valence-corrected chi connectivity index (χ4v) is 2.75. The van der Waals surface area contributed by atoms with E-state index in [9.17, 15) is 0 Å². The van der Waals surface area contributed by atoms with Crippen molar-refractivity contribution < 1.29 is 4.42 Å². The van der Waals surface area contributed by atoms with E-state index in [1.165, 1.54) is 0 Å². The van der Waals surface area contributed by atoms with E-state index in [1.807, 2.05) is 19.9 Å². The van der Waals surface area contributed by atoms with E-state index in [0.717, 1.165) is 61.3 Å². The highest BCUT2D eigenvalue weighted by molar-refractivity contribution is 5.59. The Morgan fingerprint density at radius 3 is 2.75 bits per heavy atom. The molecule has 2 aromatic rings. The second kappa shape index (κ2) is 5.28. The number of aryl methyl sites for hydroxylation is 2. The van der Waals surface area contributed by atoms with Crippen LogP contribution in [0.2, 0.25) is 0 Å². The molecule has 3 heterocycles. The quantitative estimate of drug-likeness (QED) is 0.893. The monoisotopic (exact) mass is 275 g/mol. The molecule has 0 spiro atoms. The van der Waals surface area contributed by atoms with Crippen molar-refractivity contribution in [1.29, 1.82) is 0 Å². The Hall–Kier alpha value is -1.82. The SMILES string of the molecule is Cc1cc(-c2nc(N3CCC(CN)CC3)n[nH]2)c(C)o1. The topological polar surface area (TPSA) is 84.0 Å². The Labute approximate surface area is 118 Å². The highest BCUT2D eigenvalue weighted by Crippen LogP contribution is 2.26. The minimum Gasteiger partial charge on any atom is -0.466 e. The molecule has 0 aromatic carbocycles. The molecule has 3 N–H and O–H groups in total. The molecule has 2 aromatic heterocycles. The Kier molecular flexibility index (Phi) is 3.48. The third-order valence-electron chi connectivity index (χ3n) is 4.00. The summed E-state index contributed by atoms with van der Waals surface area (Å²) < 4.78 is 5.54. The minimum atomic E-state index is 0.642. The normalized spacial score (nSPS) is 16.9. The van der Waals surface area contributed by atoms with Gasteiger partial charge in [-0.05, 0) is 45.2 Å². The van der Waals surface area contributed by atoms with E-state index in [4.69, 9.17) is 10.2 Å². The van der Waals surface area contributed by atoms with Gasteiger partial charge in [0, 0.05) is 13.1 Å². The molecular formula is C14H21N5O. The Morgan fingerprint density at radius 1 is 1.40 bits per heavy atom. The number of hydrogen-bond donors (Lipinski definition) is 2. The maximum absolute atomic E-state index is 5.72. The standard InChI is InChI=1S/C14H21N5O/c1-9-7-12(10(2)20-9)13-16-14(18-17-13)19-5-3-11(8-15)4-6-19/h7,11H,3-6,8,15H2,1-2H3,(H,16,17,18). The lowest BCUT2D eigenvalue weighted by molar-refractivity contribution is 0.411. The van der Waals surface area contributed by atoms with Gasteiger partial charge in [-0.2, -0.15) is 4.98 Å². The van der Waals surface area contributed by atoms with Crippen molar-refractivity contribution in [2.24, 2.45) is 11.7 Å². The lowest BCUT2D eigenvalue weighted by Crippen LogP contribution is -2.36. The summed E-state index contributed by atoms with van der Waals surface area (Å²) >= 11 is 0. The van der Waals surface area contributed by atoms with Gasteiger partial charge in [-0.3, -0.25) is 5.10 Å². The maximum Gasteiger partial charge on any atom is 0.245 e. The van der Waals surface area contributed by atoms with Crippen molar-refractivity contribution >= 4 is 5.95 Å². The molecule has 20 heavy (non-hydrogen) atoms. The first-order chi connectivity index (χ1) is 9.67. The molecule has 0 amide bonds. The van der Waals surface area contributed by atoms with Crippen molar-refractivity contribution in [2.75, 3.05) is 24.5 Å². The number of nitrogens with one attached hydrogen (secondary N) is 1. The number of piperidine rings is 1. The van der Waals surface area contributed by atoms with Gasteiger partial charge in [0.05, 0.1) is 5.56 Å². The number of furan rings is 1. The number of nitrogens with two attached hydrogens (primary N) is 1. The van der Waals surface area contributed by atoms with E-state index in [2.05, 4.69) is 20.1 Å². The van der Waals surface area contributed by atoms with Crippen molar-refractivity contribution in [3.8, 4) is 11.4 Å². The van der Waals surface area contributed by atoms with Gasteiger partial charge in [-0.15, -0.1) is 5.10 Å². The Bertz CT molecular complexity index is 580. The largest absolute Gasteiger partial charge is 0.466 e. The van der Waals surface area contributed by atoms with Crippen LogP contribution in [0.4, 0.5) is 5.95 Å².